The van der Waals surface area contributed by atoms with Crippen LogP contribution < -0.4 is 5.32 Å². The molecular formula is C14H22ClFN2O. The number of likely N-dealkylation sites (N-methyl/N-ethyl adjacent to an activating group) is 1. The first-order chi connectivity index (χ1) is 8.67. The number of nitrogens with one attached hydrogen (secondary N) is 1. The second kappa shape index (κ2) is 9.75. The Morgan fingerprint density at radius 1 is 1.37 bits per heavy atom. The molecular weight excluding hydrogens is 267 g/mol. The van der Waals surface area contributed by atoms with Gasteiger partial charge in [-0.25, -0.2) is 4.39 Å². The first kappa shape index (κ1) is 17.9. The van der Waals surface area contributed by atoms with Crippen molar-refractivity contribution >= 4 is 18.3 Å². The van der Waals surface area contributed by atoms with E-state index in [1.54, 1.807) is 13.1 Å². The van der Waals surface area contributed by atoms with Gasteiger partial charge >= 0.3 is 0 Å². The molecule has 1 aromatic rings. The van der Waals surface area contributed by atoms with Crippen LogP contribution in [0.1, 0.15) is 18.9 Å². The molecule has 0 aliphatic rings. The zero-order chi connectivity index (χ0) is 13.4. The van der Waals surface area contributed by atoms with Crippen molar-refractivity contribution < 1.29 is 9.18 Å². The van der Waals surface area contributed by atoms with Gasteiger partial charge in [-0.15, -0.1) is 12.4 Å². The van der Waals surface area contributed by atoms with Crippen LogP contribution in [-0.4, -0.2) is 37.5 Å². The Labute approximate surface area is 120 Å². The quantitative estimate of drug-likeness (QED) is 0.835. The SMILES string of the molecule is CCCN(CCc1cccc(F)c1)C(=O)CNC.Cl. The molecule has 0 aromatic heterocycles. The molecule has 1 amide bonds. The average molecular weight is 289 g/mol. The fourth-order valence-corrected chi connectivity index (χ4v) is 1.85. The van der Waals surface area contributed by atoms with E-state index in [0.29, 0.717) is 19.5 Å². The third kappa shape index (κ3) is 6.55. The highest BCUT2D eigenvalue weighted by Crippen LogP contribution is 2.05. The first-order valence-electron chi connectivity index (χ1n) is 6.34. The van der Waals surface area contributed by atoms with Crippen molar-refractivity contribution in [2.24, 2.45) is 0 Å². The molecule has 19 heavy (non-hydrogen) atoms. The summed E-state index contributed by atoms with van der Waals surface area (Å²) >= 11 is 0. The summed E-state index contributed by atoms with van der Waals surface area (Å²) < 4.78 is 13.0. The lowest BCUT2D eigenvalue weighted by molar-refractivity contribution is -0.130. The molecule has 1 rings (SSSR count). The van der Waals surface area contributed by atoms with Crippen LogP contribution in [0.25, 0.3) is 0 Å². The van der Waals surface area contributed by atoms with Crippen molar-refractivity contribution in [2.45, 2.75) is 19.8 Å². The topological polar surface area (TPSA) is 32.3 Å². The number of halogens is 2. The lowest BCUT2D eigenvalue weighted by atomic mass is 10.1. The average Bonchev–Trinajstić information content (AvgIpc) is 2.35. The van der Waals surface area contributed by atoms with Crippen LogP contribution >= 0.6 is 12.4 Å². The fourth-order valence-electron chi connectivity index (χ4n) is 1.85. The summed E-state index contributed by atoms with van der Waals surface area (Å²) in [5, 5.41) is 2.86. The van der Waals surface area contributed by atoms with E-state index in [-0.39, 0.29) is 24.1 Å². The van der Waals surface area contributed by atoms with Gasteiger partial charge in [0.1, 0.15) is 5.82 Å². The maximum atomic E-state index is 13.0. The fraction of sp³-hybridized carbons (Fsp3) is 0.500. The van der Waals surface area contributed by atoms with Gasteiger partial charge in [0, 0.05) is 13.1 Å². The summed E-state index contributed by atoms with van der Waals surface area (Å²) in [7, 11) is 1.76. The molecule has 0 unspecified atom stereocenters. The Hall–Kier alpha value is -1.13. The highest BCUT2D eigenvalue weighted by Gasteiger charge is 2.11. The van der Waals surface area contributed by atoms with Crippen molar-refractivity contribution in [2.75, 3.05) is 26.7 Å². The summed E-state index contributed by atoms with van der Waals surface area (Å²) in [6, 6.07) is 6.53. The summed E-state index contributed by atoms with van der Waals surface area (Å²) in [5.41, 5.74) is 0.924. The van der Waals surface area contributed by atoms with E-state index < -0.39 is 0 Å². The van der Waals surface area contributed by atoms with Gasteiger partial charge in [0.05, 0.1) is 6.54 Å². The molecule has 0 atom stereocenters. The maximum Gasteiger partial charge on any atom is 0.236 e. The van der Waals surface area contributed by atoms with E-state index in [4.69, 9.17) is 0 Å². The van der Waals surface area contributed by atoms with Gasteiger partial charge in [0.25, 0.3) is 0 Å². The molecule has 108 valence electrons. The van der Waals surface area contributed by atoms with Crippen molar-refractivity contribution in [1.29, 1.82) is 0 Å². The molecule has 0 radical (unpaired) electrons. The number of hydrogen-bond acceptors (Lipinski definition) is 2. The minimum Gasteiger partial charge on any atom is -0.341 e. The molecule has 0 fully saturated rings. The predicted molar refractivity (Wildman–Crippen MR) is 78.1 cm³/mol. The minimum absolute atomic E-state index is 0. The molecule has 0 bridgehead atoms. The molecule has 0 aliphatic carbocycles. The minimum atomic E-state index is -0.226. The lowest BCUT2D eigenvalue weighted by Gasteiger charge is -2.22. The van der Waals surface area contributed by atoms with Gasteiger partial charge in [-0.2, -0.15) is 0 Å². The molecule has 1 aromatic carbocycles. The molecule has 1 N–H and O–H groups in total. The van der Waals surface area contributed by atoms with Crippen molar-refractivity contribution in [1.82, 2.24) is 10.2 Å². The standard InChI is InChI=1S/C14H21FN2O.ClH/c1-3-8-17(14(18)11-16-2)9-7-12-5-4-6-13(15)10-12;/h4-6,10,16H,3,7-9,11H2,1-2H3;1H. The van der Waals surface area contributed by atoms with Crippen molar-refractivity contribution in [3.8, 4) is 0 Å². The zero-order valence-corrected chi connectivity index (χ0v) is 12.3. The molecule has 3 nitrogen and oxygen atoms in total. The largest absolute Gasteiger partial charge is 0.341 e. The van der Waals surface area contributed by atoms with Crippen LogP contribution in [0, 0.1) is 5.82 Å². The van der Waals surface area contributed by atoms with Crippen LogP contribution in [0.2, 0.25) is 0 Å². The van der Waals surface area contributed by atoms with Gasteiger partial charge in [-0.1, -0.05) is 19.1 Å². The number of nitrogens with zero attached hydrogens (tertiary/aromatic N) is 1. The molecule has 0 saturated carbocycles. The van der Waals surface area contributed by atoms with Gasteiger partial charge in [0.15, 0.2) is 0 Å². The molecule has 0 aliphatic heterocycles. The summed E-state index contributed by atoms with van der Waals surface area (Å²) in [5.74, 6) is -0.133. The number of benzene rings is 1. The monoisotopic (exact) mass is 288 g/mol. The normalized spacial score (nSPS) is 9.84. The molecule has 0 heterocycles. The zero-order valence-electron chi connectivity index (χ0n) is 11.5. The van der Waals surface area contributed by atoms with Crippen LogP contribution in [0.15, 0.2) is 24.3 Å². The number of rotatable bonds is 7. The third-order valence-electron chi connectivity index (χ3n) is 2.73. The number of amides is 1. The molecule has 0 saturated heterocycles. The third-order valence-corrected chi connectivity index (χ3v) is 2.73. The number of hydrogen-bond donors (Lipinski definition) is 1. The van der Waals surface area contributed by atoms with Gasteiger partial charge < -0.3 is 10.2 Å². The summed E-state index contributed by atoms with van der Waals surface area (Å²) in [6.45, 7) is 3.78. The van der Waals surface area contributed by atoms with E-state index in [1.807, 2.05) is 17.9 Å². The Morgan fingerprint density at radius 2 is 2.11 bits per heavy atom. The van der Waals surface area contributed by atoms with Crippen LogP contribution in [0.3, 0.4) is 0 Å². The highest BCUT2D eigenvalue weighted by molar-refractivity contribution is 5.85. The van der Waals surface area contributed by atoms with E-state index in [1.165, 1.54) is 12.1 Å². The Morgan fingerprint density at radius 3 is 2.68 bits per heavy atom. The van der Waals surface area contributed by atoms with Crippen molar-refractivity contribution in [3.05, 3.63) is 35.6 Å². The van der Waals surface area contributed by atoms with E-state index in [0.717, 1.165) is 18.5 Å². The molecule has 5 heteroatoms. The number of carbonyl (C=O) groups is 1. The van der Waals surface area contributed by atoms with Crippen LogP contribution in [-0.2, 0) is 11.2 Å². The van der Waals surface area contributed by atoms with Gasteiger partial charge in [-0.05, 0) is 37.6 Å². The smallest absolute Gasteiger partial charge is 0.236 e. The van der Waals surface area contributed by atoms with Gasteiger partial charge in [0.2, 0.25) is 5.91 Å². The summed E-state index contributed by atoms with van der Waals surface area (Å²) in [4.78, 5) is 13.6. The Bertz CT molecular complexity index is 387. The summed E-state index contributed by atoms with van der Waals surface area (Å²) in [6.07, 6.45) is 1.62. The second-order valence-electron chi connectivity index (χ2n) is 4.29. The Balaban J connectivity index is 0.00000324. The van der Waals surface area contributed by atoms with E-state index in [9.17, 15) is 9.18 Å². The lowest BCUT2D eigenvalue weighted by Crippen LogP contribution is -2.38. The number of carbonyl (C=O) groups excluding carboxylic acids is 1. The Kier molecular flexibility index (Phi) is 9.17. The first-order valence-corrected chi connectivity index (χ1v) is 6.34. The van der Waals surface area contributed by atoms with Crippen LogP contribution in [0.4, 0.5) is 4.39 Å². The predicted octanol–water partition coefficient (Wildman–Crippen LogP) is 2.25. The highest BCUT2D eigenvalue weighted by atomic mass is 35.5. The molecule has 0 spiro atoms. The van der Waals surface area contributed by atoms with Crippen molar-refractivity contribution in [3.63, 3.8) is 0 Å². The maximum absolute atomic E-state index is 13.0. The van der Waals surface area contributed by atoms with E-state index in [2.05, 4.69) is 5.32 Å². The second-order valence-corrected chi connectivity index (χ2v) is 4.29. The van der Waals surface area contributed by atoms with Crippen LogP contribution in [0.5, 0.6) is 0 Å². The van der Waals surface area contributed by atoms with E-state index >= 15 is 0 Å². The van der Waals surface area contributed by atoms with Gasteiger partial charge in [-0.3, -0.25) is 4.79 Å².